The molecule has 20 heavy (non-hydrogen) atoms. The Morgan fingerprint density at radius 2 is 2.10 bits per heavy atom. The molecule has 0 radical (unpaired) electrons. The summed E-state index contributed by atoms with van der Waals surface area (Å²) < 4.78 is 29.6. The quantitative estimate of drug-likeness (QED) is 0.686. The standard InChI is InChI=1S/C15H16F2INS/c1-3-6-19-15(10-7-12(18)20-8-10)13-11(16)5-4-9(2)14(13)17/h4-5,7-8,15,19H,3,6H2,1-2H3. The number of aryl methyl sites for hydroxylation is 1. The van der Waals surface area contributed by atoms with Crippen LogP contribution in [0.25, 0.3) is 0 Å². The van der Waals surface area contributed by atoms with Crippen LogP contribution in [-0.4, -0.2) is 6.54 Å². The van der Waals surface area contributed by atoms with Crippen molar-refractivity contribution in [2.24, 2.45) is 0 Å². The fourth-order valence-electron chi connectivity index (χ4n) is 2.09. The monoisotopic (exact) mass is 407 g/mol. The van der Waals surface area contributed by atoms with Gasteiger partial charge in [-0.2, -0.15) is 0 Å². The van der Waals surface area contributed by atoms with Crippen LogP contribution in [0.4, 0.5) is 8.78 Å². The highest BCUT2D eigenvalue weighted by molar-refractivity contribution is 14.1. The minimum Gasteiger partial charge on any atom is -0.306 e. The van der Waals surface area contributed by atoms with E-state index in [0.717, 1.165) is 14.9 Å². The summed E-state index contributed by atoms with van der Waals surface area (Å²) in [6.45, 7) is 4.40. The smallest absolute Gasteiger partial charge is 0.134 e. The van der Waals surface area contributed by atoms with Crippen LogP contribution in [0.2, 0.25) is 0 Å². The van der Waals surface area contributed by atoms with Gasteiger partial charge in [0.2, 0.25) is 0 Å². The zero-order valence-electron chi connectivity index (χ0n) is 11.3. The molecule has 1 N–H and O–H groups in total. The van der Waals surface area contributed by atoms with Crippen LogP contribution < -0.4 is 5.32 Å². The summed E-state index contributed by atoms with van der Waals surface area (Å²) in [6, 6.07) is 4.35. The van der Waals surface area contributed by atoms with Crippen molar-refractivity contribution < 1.29 is 8.78 Å². The highest BCUT2D eigenvalue weighted by Crippen LogP contribution is 2.31. The number of hydrogen-bond donors (Lipinski definition) is 1. The average Bonchev–Trinajstić information content (AvgIpc) is 2.84. The van der Waals surface area contributed by atoms with Gasteiger partial charge >= 0.3 is 0 Å². The minimum absolute atomic E-state index is 0.118. The molecule has 5 heteroatoms. The molecule has 0 spiro atoms. The van der Waals surface area contributed by atoms with Crippen molar-refractivity contribution in [3.8, 4) is 0 Å². The maximum atomic E-state index is 14.4. The molecule has 1 unspecified atom stereocenters. The number of halogens is 3. The summed E-state index contributed by atoms with van der Waals surface area (Å²) in [5.41, 5.74) is 1.50. The highest BCUT2D eigenvalue weighted by atomic mass is 127. The molecule has 1 nitrogen and oxygen atoms in total. The summed E-state index contributed by atoms with van der Waals surface area (Å²) in [5, 5.41) is 5.20. The van der Waals surface area contributed by atoms with Gasteiger partial charge in [-0.3, -0.25) is 0 Å². The van der Waals surface area contributed by atoms with Gasteiger partial charge in [0, 0.05) is 5.56 Å². The van der Waals surface area contributed by atoms with Crippen LogP contribution in [0.5, 0.6) is 0 Å². The first-order valence-corrected chi connectivity index (χ1v) is 8.42. The third kappa shape index (κ3) is 3.38. The minimum atomic E-state index is -0.497. The van der Waals surface area contributed by atoms with E-state index in [2.05, 4.69) is 27.9 Å². The molecule has 0 aliphatic heterocycles. The molecule has 0 saturated carbocycles. The van der Waals surface area contributed by atoms with Crippen LogP contribution in [0.1, 0.15) is 36.1 Å². The van der Waals surface area contributed by atoms with E-state index < -0.39 is 17.7 Å². The normalized spacial score (nSPS) is 12.7. The molecule has 0 aliphatic carbocycles. The molecule has 2 aromatic rings. The fourth-order valence-corrected chi connectivity index (χ4v) is 3.49. The SMILES string of the molecule is CCCNC(c1csc(I)c1)c1c(F)ccc(C)c1F. The molecule has 1 atom stereocenters. The Labute approximate surface area is 135 Å². The molecule has 108 valence electrons. The Kier molecular flexibility index (Phi) is 5.51. The van der Waals surface area contributed by atoms with Crippen LogP contribution in [0.15, 0.2) is 23.6 Å². The third-order valence-electron chi connectivity index (χ3n) is 3.13. The molecule has 0 fully saturated rings. The Bertz CT molecular complexity index is 598. The fraction of sp³-hybridized carbons (Fsp3) is 0.333. The number of thiophene rings is 1. The van der Waals surface area contributed by atoms with Crippen molar-refractivity contribution in [1.29, 1.82) is 0 Å². The van der Waals surface area contributed by atoms with E-state index >= 15 is 0 Å². The summed E-state index contributed by atoms with van der Waals surface area (Å²) in [5.74, 6) is -0.956. The predicted octanol–water partition coefficient (Wildman–Crippen LogP) is 5.03. The first kappa shape index (κ1) is 15.9. The van der Waals surface area contributed by atoms with E-state index in [0.29, 0.717) is 12.1 Å². The molecule has 1 aromatic carbocycles. The van der Waals surface area contributed by atoms with Gasteiger partial charge in [0.25, 0.3) is 0 Å². The second-order valence-corrected chi connectivity index (χ2v) is 7.47. The second kappa shape index (κ2) is 6.95. The lowest BCUT2D eigenvalue weighted by Crippen LogP contribution is -2.25. The van der Waals surface area contributed by atoms with Gasteiger partial charge in [0.15, 0.2) is 0 Å². The molecule has 1 heterocycles. The molecule has 2 rings (SSSR count). The highest BCUT2D eigenvalue weighted by Gasteiger charge is 2.23. The maximum absolute atomic E-state index is 14.4. The Balaban J connectivity index is 2.49. The van der Waals surface area contributed by atoms with Gasteiger partial charge in [-0.15, -0.1) is 11.3 Å². The van der Waals surface area contributed by atoms with Crippen LogP contribution in [0.3, 0.4) is 0 Å². The molecule has 0 saturated heterocycles. The number of rotatable bonds is 5. The molecule has 0 amide bonds. The van der Waals surface area contributed by atoms with Crippen LogP contribution >= 0.6 is 33.9 Å². The summed E-state index contributed by atoms with van der Waals surface area (Å²) in [7, 11) is 0. The summed E-state index contributed by atoms with van der Waals surface area (Å²) in [4.78, 5) is 0. The third-order valence-corrected chi connectivity index (χ3v) is 4.94. The summed E-state index contributed by atoms with van der Waals surface area (Å²) >= 11 is 3.80. The zero-order valence-corrected chi connectivity index (χ0v) is 14.3. The maximum Gasteiger partial charge on any atom is 0.134 e. The lowest BCUT2D eigenvalue weighted by atomic mass is 9.98. The lowest BCUT2D eigenvalue weighted by molar-refractivity contribution is 0.500. The number of hydrogen-bond acceptors (Lipinski definition) is 2. The Morgan fingerprint density at radius 3 is 2.70 bits per heavy atom. The van der Waals surface area contributed by atoms with E-state index in [1.54, 1.807) is 18.3 Å². The van der Waals surface area contributed by atoms with Gasteiger partial charge in [-0.1, -0.05) is 13.0 Å². The van der Waals surface area contributed by atoms with Crippen molar-refractivity contribution in [2.45, 2.75) is 26.3 Å². The molecular weight excluding hydrogens is 391 g/mol. The number of benzene rings is 1. The molecule has 1 aromatic heterocycles. The first-order valence-electron chi connectivity index (χ1n) is 6.46. The van der Waals surface area contributed by atoms with Crippen molar-refractivity contribution in [2.75, 3.05) is 6.54 Å². The first-order chi connectivity index (χ1) is 9.54. The van der Waals surface area contributed by atoms with E-state index in [1.165, 1.54) is 12.1 Å². The lowest BCUT2D eigenvalue weighted by Gasteiger charge is -2.20. The Hall–Kier alpha value is -0.530. The van der Waals surface area contributed by atoms with E-state index in [4.69, 9.17) is 0 Å². The van der Waals surface area contributed by atoms with E-state index in [-0.39, 0.29) is 5.56 Å². The summed E-state index contributed by atoms with van der Waals surface area (Å²) in [6.07, 6.45) is 0.910. The van der Waals surface area contributed by atoms with Crippen molar-refractivity contribution >= 4 is 33.9 Å². The zero-order chi connectivity index (χ0) is 14.7. The van der Waals surface area contributed by atoms with Crippen molar-refractivity contribution in [3.05, 3.63) is 54.8 Å². The van der Waals surface area contributed by atoms with Gasteiger partial charge in [-0.05, 0) is 71.1 Å². The van der Waals surface area contributed by atoms with Crippen molar-refractivity contribution in [1.82, 2.24) is 5.32 Å². The Morgan fingerprint density at radius 1 is 1.35 bits per heavy atom. The van der Waals surface area contributed by atoms with Gasteiger partial charge < -0.3 is 5.32 Å². The van der Waals surface area contributed by atoms with Crippen molar-refractivity contribution in [3.63, 3.8) is 0 Å². The van der Waals surface area contributed by atoms with Gasteiger partial charge in [0.1, 0.15) is 11.6 Å². The largest absolute Gasteiger partial charge is 0.306 e. The number of nitrogens with one attached hydrogen (secondary N) is 1. The van der Waals surface area contributed by atoms with E-state index in [9.17, 15) is 8.78 Å². The molecular formula is C15H16F2INS. The van der Waals surface area contributed by atoms with E-state index in [1.807, 2.05) is 18.4 Å². The average molecular weight is 407 g/mol. The predicted molar refractivity (Wildman–Crippen MR) is 88.3 cm³/mol. The van der Waals surface area contributed by atoms with Gasteiger partial charge in [-0.25, -0.2) is 8.78 Å². The topological polar surface area (TPSA) is 12.0 Å². The molecule has 0 aliphatic rings. The van der Waals surface area contributed by atoms with Gasteiger partial charge in [0.05, 0.1) is 8.93 Å². The second-order valence-electron chi connectivity index (χ2n) is 4.66. The van der Waals surface area contributed by atoms with Crippen LogP contribution in [0, 0.1) is 21.4 Å². The van der Waals surface area contributed by atoms with Crippen LogP contribution in [-0.2, 0) is 0 Å². The molecule has 0 bridgehead atoms.